The SMILES string of the molecule is CC(C)(C)OC(=O)N1CCN(c2ccc(N(CCCCCCSc3ccnc4cc(C(F)(F)F)ccc34)c3ccccc3)cc2-n2ccnc2)CC1. The van der Waals surface area contributed by atoms with E-state index in [9.17, 15) is 18.0 Å². The van der Waals surface area contributed by atoms with Crippen LogP contribution in [0.15, 0.2) is 103 Å². The van der Waals surface area contributed by atoms with Crippen LogP contribution in [-0.2, 0) is 10.9 Å². The zero-order chi connectivity index (χ0) is 36.7. The van der Waals surface area contributed by atoms with Crippen LogP contribution in [-0.4, -0.2) is 69.6 Å². The molecule has 0 aliphatic carbocycles. The standard InChI is InChI=1S/C40H45F3N6O2S/c1-39(2,3)51-38(50)47-24-22-46(23-25-47)35-16-14-32(28-36(35)48-21-19-44-29-48)49(31-11-7-6-8-12-31)20-9-4-5-10-26-52-37-17-18-45-34-27-30(40(41,42)43)13-15-33(34)37/h6-8,11-19,21,27-29H,4-5,9-10,20,22-26H2,1-3H3. The van der Waals surface area contributed by atoms with Crippen molar-refractivity contribution in [3.05, 3.63) is 103 Å². The van der Waals surface area contributed by atoms with Gasteiger partial charge in [0.1, 0.15) is 5.60 Å². The normalized spacial score (nSPS) is 13.8. The monoisotopic (exact) mass is 730 g/mol. The van der Waals surface area contributed by atoms with E-state index in [0.29, 0.717) is 31.7 Å². The molecule has 5 aromatic rings. The number of pyridine rings is 1. The second-order valence-electron chi connectivity index (χ2n) is 13.9. The summed E-state index contributed by atoms with van der Waals surface area (Å²) in [6.45, 7) is 9.04. The number of carbonyl (C=O) groups excluding carboxylic acids is 1. The molecule has 0 radical (unpaired) electrons. The van der Waals surface area contributed by atoms with Gasteiger partial charge < -0.3 is 24.0 Å². The van der Waals surface area contributed by atoms with Gasteiger partial charge in [-0.15, -0.1) is 11.8 Å². The predicted octanol–water partition coefficient (Wildman–Crippen LogP) is 9.99. The summed E-state index contributed by atoms with van der Waals surface area (Å²) in [4.78, 5) is 28.6. The molecule has 1 saturated heterocycles. The van der Waals surface area contributed by atoms with E-state index in [-0.39, 0.29) is 6.09 Å². The average Bonchev–Trinajstić information content (AvgIpc) is 3.67. The van der Waals surface area contributed by atoms with Gasteiger partial charge in [-0.05, 0) is 87.9 Å². The maximum atomic E-state index is 13.2. The van der Waals surface area contributed by atoms with E-state index < -0.39 is 17.3 Å². The van der Waals surface area contributed by atoms with E-state index in [1.54, 1.807) is 29.1 Å². The minimum atomic E-state index is -4.39. The number of imidazole rings is 1. The maximum Gasteiger partial charge on any atom is 0.416 e. The molecule has 0 bridgehead atoms. The van der Waals surface area contributed by atoms with Gasteiger partial charge in [0.2, 0.25) is 0 Å². The molecule has 52 heavy (non-hydrogen) atoms. The van der Waals surface area contributed by atoms with Crippen molar-refractivity contribution in [1.29, 1.82) is 0 Å². The molecule has 1 aliphatic rings. The van der Waals surface area contributed by atoms with Crippen molar-refractivity contribution in [3.63, 3.8) is 0 Å². The highest BCUT2D eigenvalue weighted by atomic mass is 32.2. The molecule has 1 aliphatic heterocycles. The number of halogens is 3. The van der Waals surface area contributed by atoms with Crippen molar-refractivity contribution in [3.8, 4) is 5.69 Å². The number of ether oxygens (including phenoxy) is 1. The summed E-state index contributed by atoms with van der Waals surface area (Å²) in [6.07, 6.45) is 6.57. The summed E-state index contributed by atoms with van der Waals surface area (Å²) in [5.74, 6) is 0.879. The van der Waals surface area contributed by atoms with Gasteiger partial charge in [-0.3, -0.25) is 4.98 Å². The lowest BCUT2D eigenvalue weighted by molar-refractivity contribution is -0.137. The molecule has 0 unspecified atom stereocenters. The molecule has 0 atom stereocenters. The number of unbranched alkanes of at least 4 members (excludes halogenated alkanes) is 3. The number of amides is 1. The molecule has 3 aromatic carbocycles. The average molecular weight is 731 g/mol. The number of hydrogen-bond donors (Lipinski definition) is 0. The van der Waals surface area contributed by atoms with Gasteiger partial charge in [0, 0.05) is 73.0 Å². The molecule has 3 heterocycles. The van der Waals surface area contributed by atoms with Gasteiger partial charge in [-0.25, -0.2) is 9.78 Å². The lowest BCUT2D eigenvalue weighted by Crippen LogP contribution is -2.50. The number of nitrogens with zero attached hydrogens (tertiary/aromatic N) is 6. The summed E-state index contributed by atoms with van der Waals surface area (Å²) in [6, 6.07) is 22.6. The van der Waals surface area contributed by atoms with Crippen LogP contribution in [0.1, 0.15) is 52.0 Å². The van der Waals surface area contributed by atoms with E-state index >= 15 is 0 Å². The van der Waals surface area contributed by atoms with Crippen LogP contribution in [0.3, 0.4) is 0 Å². The van der Waals surface area contributed by atoms with E-state index in [4.69, 9.17) is 4.74 Å². The lowest BCUT2D eigenvalue weighted by atomic mass is 10.1. The Kier molecular flexibility index (Phi) is 11.6. The quantitative estimate of drug-likeness (QED) is 0.0935. The first-order chi connectivity index (χ1) is 25.0. The highest BCUT2D eigenvalue weighted by Crippen LogP contribution is 2.36. The minimum absolute atomic E-state index is 0.275. The summed E-state index contributed by atoms with van der Waals surface area (Å²) in [7, 11) is 0. The van der Waals surface area contributed by atoms with Crippen molar-refractivity contribution < 1.29 is 22.7 Å². The minimum Gasteiger partial charge on any atom is -0.444 e. The Morgan fingerprint density at radius 2 is 1.62 bits per heavy atom. The molecular formula is C40H45F3N6O2S. The van der Waals surface area contributed by atoms with Crippen molar-refractivity contribution in [2.45, 2.75) is 63.1 Å². The van der Waals surface area contributed by atoms with E-state index in [0.717, 1.165) is 83.1 Å². The number of aromatic nitrogens is 3. The Morgan fingerprint density at radius 3 is 2.33 bits per heavy atom. The second kappa shape index (κ2) is 16.3. The van der Waals surface area contributed by atoms with E-state index in [1.807, 2.05) is 50.0 Å². The number of carbonyl (C=O) groups is 1. The van der Waals surface area contributed by atoms with Gasteiger partial charge in [0.25, 0.3) is 0 Å². The molecule has 6 rings (SSSR count). The summed E-state index contributed by atoms with van der Waals surface area (Å²) in [5, 5.41) is 0.753. The molecule has 0 saturated carbocycles. The van der Waals surface area contributed by atoms with Crippen LogP contribution in [0.25, 0.3) is 16.6 Å². The van der Waals surface area contributed by atoms with Crippen LogP contribution in [0.4, 0.5) is 35.0 Å². The Balaban J connectivity index is 1.09. The fraction of sp³-hybridized carbons (Fsp3) is 0.375. The fourth-order valence-corrected chi connectivity index (χ4v) is 7.41. The van der Waals surface area contributed by atoms with Crippen molar-refractivity contribution >= 4 is 45.8 Å². The summed E-state index contributed by atoms with van der Waals surface area (Å²) < 4.78 is 47.2. The van der Waals surface area contributed by atoms with Gasteiger partial charge in [-0.1, -0.05) is 37.1 Å². The molecular weight excluding hydrogens is 686 g/mol. The van der Waals surface area contributed by atoms with Crippen LogP contribution in [0.5, 0.6) is 0 Å². The first-order valence-corrected chi connectivity index (χ1v) is 18.7. The smallest absolute Gasteiger partial charge is 0.416 e. The number of rotatable bonds is 12. The number of piperazine rings is 1. The molecule has 12 heteroatoms. The number of benzene rings is 3. The van der Waals surface area contributed by atoms with E-state index in [1.165, 1.54) is 6.07 Å². The molecule has 0 N–H and O–H groups in total. The van der Waals surface area contributed by atoms with Crippen molar-refractivity contribution in [1.82, 2.24) is 19.4 Å². The molecule has 1 amide bonds. The highest BCUT2D eigenvalue weighted by Gasteiger charge is 2.31. The number of hydrogen-bond acceptors (Lipinski definition) is 7. The lowest BCUT2D eigenvalue weighted by Gasteiger charge is -2.37. The first kappa shape index (κ1) is 37.1. The molecule has 1 fully saturated rings. The van der Waals surface area contributed by atoms with Gasteiger partial charge >= 0.3 is 12.3 Å². The number of anilines is 3. The molecule has 274 valence electrons. The third-order valence-corrected chi connectivity index (χ3v) is 10.1. The Morgan fingerprint density at radius 1 is 0.846 bits per heavy atom. The highest BCUT2D eigenvalue weighted by molar-refractivity contribution is 7.99. The number of alkyl halides is 3. The topological polar surface area (TPSA) is 66.7 Å². The Hall–Kier alpha value is -4.71. The Bertz CT molecular complexity index is 1920. The second-order valence-corrected chi connectivity index (χ2v) is 15.0. The van der Waals surface area contributed by atoms with Crippen LogP contribution < -0.4 is 9.80 Å². The fourth-order valence-electron chi connectivity index (χ4n) is 6.36. The van der Waals surface area contributed by atoms with E-state index in [2.05, 4.69) is 62.2 Å². The zero-order valence-electron chi connectivity index (χ0n) is 29.9. The summed E-state index contributed by atoms with van der Waals surface area (Å²) >= 11 is 1.67. The zero-order valence-corrected chi connectivity index (χ0v) is 30.7. The van der Waals surface area contributed by atoms with Gasteiger partial charge in [0.15, 0.2) is 0 Å². The molecule has 0 spiro atoms. The van der Waals surface area contributed by atoms with Crippen LogP contribution >= 0.6 is 11.8 Å². The van der Waals surface area contributed by atoms with Crippen molar-refractivity contribution in [2.24, 2.45) is 0 Å². The van der Waals surface area contributed by atoms with Crippen molar-refractivity contribution in [2.75, 3.05) is 48.3 Å². The summed E-state index contributed by atoms with van der Waals surface area (Å²) in [5.41, 5.74) is 3.47. The number of para-hydroxylation sites is 1. The third kappa shape index (κ3) is 9.39. The number of fused-ring (bicyclic) bond motifs is 1. The first-order valence-electron chi connectivity index (χ1n) is 17.7. The Labute approximate surface area is 307 Å². The van der Waals surface area contributed by atoms with Gasteiger partial charge in [-0.2, -0.15) is 13.2 Å². The maximum absolute atomic E-state index is 13.2. The molecule has 2 aromatic heterocycles. The van der Waals surface area contributed by atoms with Gasteiger partial charge in [0.05, 0.1) is 28.8 Å². The largest absolute Gasteiger partial charge is 0.444 e. The molecule has 8 nitrogen and oxygen atoms in total. The van der Waals surface area contributed by atoms with Crippen LogP contribution in [0, 0.1) is 0 Å². The van der Waals surface area contributed by atoms with Crippen LogP contribution in [0.2, 0.25) is 0 Å². The number of thioether (sulfide) groups is 1. The third-order valence-electron chi connectivity index (χ3n) is 8.96. The predicted molar refractivity (Wildman–Crippen MR) is 203 cm³/mol.